The lowest BCUT2D eigenvalue weighted by atomic mass is 10.0. The predicted octanol–water partition coefficient (Wildman–Crippen LogP) is 1.85. The zero-order valence-electron chi connectivity index (χ0n) is 10.3. The van der Waals surface area contributed by atoms with Crippen molar-refractivity contribution >= 4 is 17.4 Å². The lowest BCUT2D eigenvalue weighted by Gasteiger charge is -2.13. The van der Waals surface area contributed by atoms with E-state index in [1.807, 2.05) is 0 Å². The van der Waals surface area contributed by atoms with E-state index >= 15 is 0 Å². The topological polar surface area (TPSA) is 87.7 Å². The number of amidine groups is 1. The van der Waals surface area contributed by atoms with Crippen LogP contribution in [0.15, 0.2) is 23.4 Å². The van der Waals surface area contributed by atoms with Crippen molar-refractivity contribution in [3.8, 4) is 0 Å². The van der Waals surface area contributed by atoms with Crippen LogP contribution in [-0.2, 0) is 4.79 Å². The van der Waals surface area contributed by atoms with E-state index in [1.54, 1.807) is 26.0 Å². The third kappa shape index (κ3) is 3.19. The Balaban J connectivity index is 2.83. The number of hydrogen-bond acceptors (Lipinski definition) is 3. The minimum absolute atomic E-state index is 0.164. The summed E-state index contributed by atoms with van der Waals surface area (Å²) in [4.78, 5) is 11.8. The minimum Gasteiger partial charge on any atom is -0.409 e. The Kier molecular flexibility index (Phi) is 4.65. The standard InChI is InChI=1S/C12H16FN3O2/c1-3-9(11(14)16-18)12(17)15-8-5-4-7(2)10(13)6-8/h4-6,9,18H,3H2,1-2H3,(H2,14,16)(H,15,17). The van der Waals surface area contributed by atoms with Crippen molar-refractivity contribution in [3.63, 3.8) is 0 Å². The van der Waals surface area contributed by atoms with E-state index in [-0.39, 0.29) is 5.84 Å². The van der Waals surface area contributed by atoms with Crippen molar-refractivity contribution in [1.29, 1.82) is 0 Å². The van der Waals surface area contributed by atoms with E-state index in [0.29, 0.717) is 17.7 Å². The van der Waals surface area contributed by atoms with Crippen molar-refractivity contribution in [3.05, 3.63) is 29.6 Å². The Morgan fingerprint density at radius 1 is 1.61 bits per heavy atom. The molecule has 1 atom stereocenters. The maximum absolute atomic E-state index is 13.3. The van der Waals surface area contributed by atoms with Gasteiger partial charge in [-0.2, -0.15) is 0 Å². The molecule has 0 radical (unpaired) electrons. The summed E-state index contributed by atoms with van der Waals surface area (Å²) < 4.78 is 13.3. The van der Waals surface area contributed by atoms with E-state index in [9.17, 15) is 9.18 Å². The number of nitrogens with one attached hydrogen (secondary N) is 1. The smallest absolute Gasteiger partial charge is 0.235 e. The molecule has 5 nitrogen and oxygen atoms in total. The Morgan fingerprint density at radius 2 is 2.28 bits per heavy atom. The van der Waals surface area contributed by atoms with Gasteiger partial charge in [0.25, 0.3) is 0 Å². The van der Waals surface area contributed by atoms with Crippen LogP contribution < -0.4 is 11.1 Å². The molecule has 0 bridgehead atoms. The van der Waals surface area contributed by atoms with E-state index in [0.717, 1.165) is 0 Å². The summed E-state index contributed by atoms with van der Waals surface area (Å²) in [5.74, 6) is -1.73. The minimum atomic E-state index is -0.737. The van der Waals surface area contributed by atoms with Gasteiger partial charge in [-0.1, -0.05) is 18.1 Å². The van der Waals surface area contributed by atoms with Gasteiger partial charge in [0.15, 0.2) is 5.84 Å². The molecule has 18 heavy (non-hydrogen) atoms. The largest absolute Gasteiger partial charge is 0.409 e. The van der Waals surface area contributed by atoms with E-state index in [4.69, 9.17) is 10.9 Å². The number of benzene rings is 1. The number of carbonyl (C=O) groups is 1. The van der Waals surface area contributed by atoms with Crippen LogP contribution in [0.1, 0.15) is 18.9 Å². The molecule has 1 aromatic carbocycles. The first-order valence-electron chi connectivity index (χ1n) is 5.54. The molecule has 6 heteroatoms. The summed E-state index contributed by atoms with van der Waals surface area (Å²) in [7, 11) is 0. The molecule has 0 saturated heterocycles. The van der Waals surface area contributed by atoms with Gasteiger partial charge in [0, 0.05) is 5.69 Å². The van der Waals surface area contributed by atoms with Gasteiger partial charge in [-0.3, -0.25) is 4.79 Å². The van der Waals surface area contributed by atoms with Gasteiger partial charge in [-0.05, 0) is 31.0 Å². The Labute approximate surface area is 104 Å². The van der Waals surface area contributed by atoms with Crippen LogP contribution in [0.5, 0.6) is 0 Å². The third-order valence-corrected chi connectivity index (χ3v) is 2.64. The van der Waals surface area contributed by atoms with Gasteiger partial charge in [0.05, 0.1) is 5.92 Å². The number of anilines is 1. The maximum Gasteiger partial charge on any atom is 0.235 e. The van der Waals surface area contributed by atoms with Crippen LogP contribution in [0.3, 0.4) is 0 Å². The molecule has 1 rings (SSSR count). The maximum atomic E-state index is 13.3. The summed E-state index contributed by atoms with van der Waals surface area (Å²) in [5, 5.41) is 13.9. The number of carbonyl (C=O) groups excluding carboxylic acids is 1. The van der Waals surface area contributed by atoms with Gasteiger partial charge in [-0.15, -0.1) is 0 Å². The van der Waals surface area contributed by atoms with Gasteiger partial charge in [0.1, 0.15) is 5.82 Å². The lowest BCUT2D eigenvalue weighted by molar-refractivity contribution is -0.118. The SMILES string of the molecule is CCC(C(=O)Nc1ccc(C)c(F)c1)/C(N)=N/O. The molecule has 98 valence electrons. The lowest BCUT2D eigenvalue weighted by Crippen LogP contribution is -2.34. The van der Waals surface area contributed by atoms with Crippen LogP contribution >= 0.6 is 0 Å². The Morgan fingerprint density at radius 3 is 2.78 bits per heavy atom. The second-order valence-corrected chi connectivity index (χ2v) is 3.94. The zero-order valence-corrected chi connectivity index (χ0v) is 10.3. The van der Waals surface area contributed by atoms with Crippen LogP contribution in [-0.4, -0.2) is 17.0 Å². The average molecular weight is 253 g/mol. The number of oxime groups is 1. The van der Waals surface area contributed by atoms with Crippen LogP contribution in [0, 0.1) is 18.7 Å². The molecular weight excluding hydrogens is 237 g/mol. The summed E-state index contributed by atoms with van der Waals surface area (Å²) in [5.41, 5.74) is 6.24. The highest BCUT2D eigenvalue weighted by Crippen LogP contribution is 2.15. The third-order valence-electron chi connectivity index (χ3n) is 2.64. The van der Waals surface area contributed by atoms with Crippen LogP contribution in [0.25, 0.3) is 0 Å². The van der Waals surface area contributed by atoms with E-state index in [2.05, 4.69) is 10.5 Å². The molecule has 0 aliphatic rings. The number of hydrogen-bond donors (Lipinski definition) is 3. The summed E-state index contributed by atoms with van der Waals surface area (Å²) >= 11 is 0. The molecule has 0 aliphatic carbocycles. The number of nitrogens with zero attached hydrogens (tertiary/aromatic N) is 1. The number of aryl methyl sites for hydroxylation is 1. The van der Waals surface area contributed by atoms with Gasteiger partial charge in [-0.25, -0.2) is 4.39 Å². The zero-order chi connectivity index (χ0) is 13.7. The normalized spacial score (nSPS) is 13.2. The highest BCUT2D eigenvalue weighted by Gasteiger charge is 2.21. The molecule has 0 aromatic heterocycles. The highest BCUT2D eigenvalue weighted by atomic mass is 19.1. The van der Waals surface area contributed by atoms with Gasteiger partial charge in [0.2, 0.25) is 5.91 Å². The summed E-state index contributed by atoms with van der Waals surface area (Å²) in [6.45, 7) is 3.37. The van der Waals surface area contributed by atoms with Crippen LogP contribution in [0.4, 0.5) is 10.1 Å². The highest BCUT2D eigenvalue weighted by molar-refractivity contribution is 6.07. The molecule has 4 N–H and O–H groups in total. The molecule has 1 amide bonds. The predicted molar refractivity (Wildman–Crippen MR) is 67.0 cm³/mol. The quantitative estimate of drug-likeness (QED) is 0.331. The van der Waals surface area contributed by atoms with Gasteiger partial charge >= 0.3 is 0 Å². The van der Waals surface area contributed by atoms with E-state index < -0.39 is 17.6 Å². The fraction of sp³-hybridized carbons (Fsp3) is 0.333. The average Bonchev–Trinajstić information content (AvgIpc) is 2.34. The molecule has 1 unspecified atom stereocenters. The first-order valence-corrected chi connectivity index (χ1v) is 5.54. The first-order chi connectivity index (χ1) is 8.49. The molecule has 0 aliphatic heterocycles. The van der Waals surface area contributed by atoms with Gasteiger partial charge < -0.3 is 16.3 Å². The van der Waals surface area contributed by atoms with Crippen molar-refractivity contribution < 1.29 is 14.4 Å². The molecule has 0 fully saturated rings. The molecule has 0 saturated carbocycles. The van der Waals surface area contributed by atoms with Crippen molar-refractivity contribution in [2.45, 2.75) is 20.3 Å². The second kappa shape index (κ2) is 6.00. The molecule has 0 heterocycles. The molecule has 1 aromatic rings. The monoisotopic (exact) mass is 253 g/mol. The summed E-state index contributed by atoms with van der Waals surface area (Å²) in [6, 6.07) is 4.39. The van der Waals surface area contributed by atoms with Crippen molar-refractivity contribution in [2.24, 2.45) is 16.8 Å². The fourth-order valence-electron chi connectivity index (χ4n) is 1.50. The Bertz CT molecular complexity index is 474. The first kappa shape index (κ1) is 14.0. The van der Waals surface area contributed by atoms with Crippen LogP contribution in [0.2, 0.25) is 0 Å². The number of halogens is 1. The number of rotatable bonds is 4. The van der Waals surface area contributed by atoms with Crippen molar-refractivity contribution in [2.75, 3.05) is 5.32 Å². The van der Waals surface area contributed by atoms with Crippen molar-refractivity contribution in [1.82, 2.24) is 0 Å². The van der Waals surface area contributed by atoms with E-state index in [1.165, 1.54) is 6.07 Å². The molecule has 0 spiro atoms. The number of nitrogens with two attached hydrogens (primary N) is 1. The number of amides is 1. The second-order valence-electron chi connectivity index (χ2n) is 3.94. The molecular formula is C12H16FN3O2. The fourth-order valence-corrected chi connectivity index (χ4v) is 1.50. The summed E-state index contributed by atoms with van der Waals surface area (Å²) in [6.07, 6.45) is 0.385. The Hall–Kier alpha value is -2.11.